The van der Waals surface area contributed by atoms with Crippen molar-refractivity contribution in [1.82, 2.24) is 19.7 Å². The number of halogens is 3. The summed E-state index contributed by atoms with van der Waals surface area (Å²) in [5.74, 6) is -3.67. The molecule has 6 nitrogen and oxygen atoms in total. The van der Waals surface area contributed by atoms with Crippen LogP contribution in [0.4, 0.5) is 13.2 Å². The van der Waals surface area contributed by atoms with Gasteiger partial charge in [-0.25, -0.2) is 13.2 Å². The summed E-state index contributed by atoms with van der Waals surface area (Å²) in [4.78, 5) is 19.8. The summed E-state index contributed by atoms with van der Waals surface area (Å²) in [6.07, 6.45) is 4.75. The lowest BCUT2D eigenvalue weighted by Gasteiger charge is -2.41. The molecule has 0 aliphatic carbocycles. The van der Waals surface area contributed by atoms with Crippen LogP contribution in [0.1, 0.15) is 68.2 Å². The van der Waals surface area contributed by atoms with Crippen LogP contribution < -0.4 is 4.74 Å². The number of fused-ring (bicyclic) bond motifs is 1. The van der Waals surface area contributed by atoms with Crippen LogP contribution in [-0.2, 0) is 13.5 Å². The van der Waals surface area contributed by atoms with Crippen LogP contribution in [0.2, 0.25) is 0 Å². The largest absolute Gasteiger partial charge is 0.489 e. The molecule has 0 saturated carbocycles. The number of pyridine rings is 1. The smallest absolute Gasteiger partial charge is 0.256 e. The van der Waals surface area contributed by atoms with Gasteiger partial charge in [0, 0.05) is 30.4 Å². The van der Waals surface area contributed by atoms with Crippen molar-refractivity contribution in [2.24, 2.45) is 7.05 Å². The molecule has 3 aromatic rings. The molecule has 1 aliphatic rings. The number of hydrogen-bond donors (Lipinski definition) is 0. The van der Waals surface area contributed by atoms with Gasteiger partial charge in [0.1, 0.15) is 5.75 Å². The van der Waals surface area contributed by atoms with Gasteiger partial charge >= 0.3 is 0 Å². The highest BCUT2D eigenvalue weighted by atomic mass is 19.2. The van der Waals surface area contributed by atoms with Crippen LogP contribution in [0.3, 0.4) is 0 Å². The van der Waals surface area contributed by atoms with Crippen molar-refractivity contribution in [2.75, 3.05) is 0 Å². The molecule has 0 spiro atoms. The number of aryl methyl sites for hydroxylation is 1. The van der Waals surface area contributed by atoms with Crippen molar-refractivity contribution in [3.63, 3.8) is 0 Å². The molecule has 186 valence electrons. The fraction of sp³-hybridized carbons (Fsp3) is 0.423. The molecule has 1 aliphatic heterocycles. The molecule has 0 radical (unpaired) electrons. The minimum Gasteiger partial charge on any atom is -0.489 e. The molecule has 0 bridgehead atoms. The second kappa shape index (κ2) is 9.71. The molecular formula is C26H29F3N4O2. The Balaban J connectivity index is 1.78. The number of benzene rings is 1. The molecule has 35 heavy (non-hydrogen) atoms. The fourth-order valence-electron chi connectivity index (χ4n) is 4.89. The van der Waals surface area contributed by atoms with Crippen LogP contribution in [-0.4, -0.2) is 37.7 Å². The van der Waals surface area contributed by atoms with Gasteiger partial charge in [-0.2, -0.15) is 5.10 Å². The van der Waals surface area contributed by atoms with Crippen LogP contribution in [0, 0.1) is 17.5 Å². The number of amides is 1. The third-order valence-corrected chi connectivity index (χ3v) is 6.34. The Morgan fingerprint density at radius 1 is 1.11 bits per heavy atom. The molecule has 9 heteroatoms. The van der Waals surface area contributed by atoms with Crippen molar-refractivity contribution in [3.05, 3.63) is 64.9 Å². The van der Waals surface area contributed by atoms with Crippen LogP contribution in [0.5, 0.6) is 5.75 Å². The van der Waals surface area contributed by atoms with Crippen molar-refractivity contribution < 1.29 is 22.7 Å². The summed E-state index contributed by atoms with van der Waals surface area (Å²) in [5, 5.41) is 4.66. The Labute approximate surface area is 202 Å². The summed E-state index contributed by atoms with van der Waals surface area (Å²) in [6.45, 7) is 7.76. The summed E-state index contributed by atoms with van der Waals surface area (Å²) in [7, 11) is 1.68. The van der Waals surface area contributed by atoms with Crippen LogP contribution >= 0.6 is 0 Å². The van der Waals surface area contributed by atoms with Gasteiger partial charge in [-0.3, -0.25) is 14.5 Å². The van der Waals surface area contributed by atoms with Crippen molar-refractivity contribution >= 4 is 5.91 Å². The van der Waals surface area contributed by atoms with Gasteiger partial charge in [0.15, 0.2) is 17.5 Å². The second-order valence-corrected chi connectivity index (χ2v) is 9.07. The number of rotatable bonds is 6. The van der Waals surface area contributed by atoms with E-state index < -0.39 is 17.5 Å². The highest BCUT2D eigenvalue weighted by Gasteiger charge is 2.40. The molecule has 1 aromatic carbocycles. The summed E-state index contributed by atoms with van der Waals surface area (Å²) in [5.41, 5.74) is 2.65. The first kappa shape index (κ1) is 24.8. The van der Waals surface area contributed by atoms with Crippen molar-refractivity contribution in [3.8, 4) is 17.0 Å². The lowest BCUT2D eigenvalue weighted by Crippen LogP contribution is -2.47. The molecular weight excluding hydrogens is 457 g/mol. The topological polar surface area (TPSA) is 60.2 Å². The number of hydrogen-bond acceptors (Lipinski definition) is 4. The van der Waals surface area contributed by atoms with Crippen LogP contribution in [0.25, 0.3) is 11.3 Å². The fourth-order valence-corrected chi connectivity index (χ4v) is 4.89. The quantitative estimate of drug-likeness (QED) is 0.425. The average Bonchev–Trinajstić information content (AvgIpc) is 3.15. The lowest BCUT2D eigenvalue weighted by atomic mass is 9.87. The Bertz CT molecular complexity index is 1230. The van der Waals surface area contributed by atoms with Crippen LogP contribution in [0.15, 0.2) is 30.6 Å². The Morgan fingerprint density at radius 3 is 2.40 bits per heavy atom. The maximum Gasteiger partial charge on any atom is 0.256 e. The molecule has 4 rings (SSSR count). The second-order valence-electron chi connectivity index (χ2n) is 9.07. The first-order valence-electron chi connectivity index (χ1n) is 11.8. The van der Waals surface area contributed by atoms with E-state index >= 15 is 0 Å². The van der Waals surface area contributed by atoms with Crippen molar-refractivity contribution in [1.29, 1.82) is 0 Å². The zero-order valence-corrected chi connectivity index (χ0v) is 20.5. The van der Waals surface area contributed by atoms with Gasteiger partial charge in [-0.15, -0.1) is 0 Å². The number of aromatic nitrogens is 3. The highest BCUT2D eigenvalue weighted by molar-refractivity contribution is 5.95. The van der Waals surface area contributed by atoms with Gasteiger partial charge in [-0.1, -0.05) is 13.8 Å². The first-order valence-corrected chi connectivity index (χ1v) is 11.8. The van der Waals surface area contributed by atoms with E-state index in [1.807, 2.05) is 32.6 Å². The number of ether oxygens (including phenoxy) is 1. The summed E-state index contributed by atoms with van der Waals surface area (Å²) < 4.78 is 48.9. The molecule has 2 unspecified atom stereocenters. The maximum atomic E-state index is 14.0. The zero-order valence-electron chi connectivity index (χ0n) is 20.5. The third-order valence-electron chi connectivity index (χ3n) is 6.34. The highest BCUT2D eigenvalue weighted by Crippen LogP contribution is 2.41. The van der Waals surface area contributed by atoms with Crippen molar-refractivity contribution in [2.45, 2.75) is 65.1 Å². The Morgan fingerprint density at radius 2 is 1.80 bits per heavy atom. The van der Waals surface area contributed by atoms with E-state index in [4.69, 9.17) is 4.74 Å². The zero-order chi connectivity index (χ0) is 25.4. The molecule has 0 fully saturated rings. The molecule has 0 saturated heterocycles. The van der Waals surface area contributed by atoms with E-state index in [1.165, 1.54) is 6.20 Å². The van der Waals surface area contributed by atoms with Gasteiger partial charge in [0.25, 0.3) is 5.91 Å². The Kier molecular flexibility index (Phi) is 6.87. The first-order chi connectivity index (χ1) is 16.7. The standard InChI is InChI=1S/C26H29F3N4O2/c1-6-17-11-19-24(31-32(5)25(19)15-9-20(27)23(29)21(28)10-15)22(7-2)33(17)26(34)16-8-18(13-30-12-16)35-14(3)4/h8-10,12-14,17,22H,6-7,11H2,1-5H3. The minimum atomic E-state index is -1.50. The minimum absolute atomic E-state index is 0.0560. The number of nitrogens with zero attached hydrogens (tertiary/aromatic N) is 4. The van der Waals surface area contributed by atoms with Gasteiger partial charge in [-0.05, 0) is 51.3 Å². The molecule has 0 N–H and O–H groups in total. The predicted molar refractivity (Wildman–Crippen MR) is 126 cm³/mol. The van der Waals surface area contributed by atoms with E-state index in [1.54, 1.807) is 24.0 Å². The monoisotopic (exact) mass is 486 g/mol. The third kappa shape index (κ3) is 4.51. The predicted octanol–water partition coefficient (Wildman–Crippen LogP) is 5.61. The Hall–Kier alpha value is -3.36. The number of carbonyl (C=O) groups is 1. The van der Waals surface area contributed by atoms with Gasteiger partial charge in [0.05, 0.1) is 35.3 Å². The summed E-state index contributed by atoms with van der Waals surface area (Å²) >= 11 is 0. The maximum absolute atomic E-state index is 14.0. The molecule has 3 heterocycles. The summed E-state index contributed by atoms with van der Waals surface area (Å²) in [6, 6.07) is 3.15. The number of carbonyl (C=O) groups excluding carboxylic acids is 1. The van der Waals surface area contributed by atoms with E-state index in [-0.39, 0.29) is 29.7 Å². The molecule has 2 aromatic heterocycles. The SMILES string of the molecule is CCC1Cc2c(nn(C)c2-c2cc(F)c(F)c(F)c2)C(CC)N1C(=O)c1cncc(OC(C)C)c1. The van der Waals surface area contributed by atoms with E-state index in [9.17, 15) is 18.0 Å². The van der Waals surface area contributed by atoms with Gasteiger partial charge in [0.2, 0.25) is 0 Å². The van der Waals surface area contributed by atoms with E-state index in [0.29, 0.717) is 42.0 Å². The average molecular weight is 487 g/mol. The lowest BCUT2D eigenvalue weighted by molar-refractivity contribution is 0.0511. The van der Waals surface area contributed by atoms with E-state index in [0.717, 1.165) is 17.7 Å². The van der Waals surface area contributed by atoms with E-state index in [2.05, 4.69) is 10.1 Å². The van der Waals surface area contributed by atoms with Gasteiger partial charge < -0.3 is 9.64 Å². The molecule has 2 atom stereocenters. The normalized spacial score (nSPS) is 17.6. The molecule has 1 amide bonds.